The fourth-order valence-corrected chi connectivity index (χ4v) is 3.16. The predicted octanol–water partition coefficient (Wildman–Crippen LogP) is 2.97. The van der Waals surface area contributed by atoms with Crippen molar-refractivity contribution >= 4 is 23.3 Å². The van der Waals surface area contributed by atoms with Gasteiger partial charge in [0.05, 0.1) is 14.2 Å². The third-order valence-electron chi connectivity index (χ3n) is 4.67. The molecule has 1 heterocycles. The lowest BCUT2D eigenvalue weighted by Gasteiger charge is -2.24. The van der Waals surface area contributed by atoms with Crippen LogP contribution in [-0.2, 0) is 4.79 Å². The van der Waals surface area contributed by atoms with Gasteiger partial charge in [-0.25, -0.2) is 4.79 Å². The molecular formula is C20H23N3O4. The Morgan fingerprint density at radius 2 is 1.81 bits per heavy atom. The zero-order valence-corrected chi connectivity index (χ0v) is 15.6. The molecule has 1 fully saturated rings. The lowest BCUT2D eigenvalue weighted by molar-refractivity contribution is -0.120. The molecule has 142 valence electrons. The summed E-state index contributed by atoms with van der Waals surface area (Å²) in [5.41, 5.74) is 1.41. The van der Waals surface area contributed by atoms with Crippen molar-refractivity contribution in [2.75, 3.05) is 38.0 Å². The molecule has 0 aromatic heterocycles. The molecule has 3 amide bonds. The molecule has 27 heavy (non-hydrogen) atoms. The van der Waals surface area contributed by atoms with Gasteiger partial charge in [-0.05, 0) is 30.7 Å². The number of para-hydroxylation sites is 1. The van der Waals surface area contributed by atoms with Crippen molar-refractivity contribution in [1.82, 2.24) is 4.90 Å². The average molecular weight is 369 g/mol. The number of ether oxygens (including phenoxy) is 2. The van der Waals surface area contributed by atoms with Gasteiger partial charge >= 0.3 is 6.03 Å². The van der Waals surface area contributed by atoms with Gasteiger partial charge in [0.25, 0.3) is 0 Å². The Hall–Kier alpha value is -3.22. The smallest absolute Gasteiger partial charge is 0.322 e. The standard InChI is InChI=1S/C20H23N3O4/c1-22(16-11-12-23(19(16)24)15-7-5-4-6-8-15)20(25)21-14-9-10-17(26-2)18(13-14)27-3/h4-10,13,16H,11-12H2,1-3H3,(H,21,25). The SMILES string of the molecule is COc1ccc(NC(=O)N(C)C2CCN(c3ccccc3)C2=O)cc1OC. The van der Waals surface area contributed by atoms with E-state index in [0.29, 0.717) is 30.2 Å². The molecule has 1 unspecified atom stereocenters. The van der Waals surface area contributed by atoms with Gasteiger partial charge in [-0.15, -0.1) is 0 Å². The van der Waals surface area contributed by atoms with E-state index in [1.54, 1.807) is 37.3 Å². The van der Waals surface area contributed by atoms with Crippen molar-refractivity contribution in [3.05, 3.63) is 48.5 Å². The van der Waals surface area contributed by atoms with E-state index >= 15 is 0 Å². The highest BCUT2D eigenvalue weighted by Gasteiger charge is 2.37. The summed E-state index contributed by atoms with van der Waals surface area (Å²) in [7, 11) is 4.71. The Balaban J connectivity index is 1.68. The average Bonchev–Trinajstić information content (AvgIpc) is 3.09. The van der Waals surface area contributed by atoms with Gasteiger partial charge in [-0.1, -0.05) is 18.2 Å². The number of rotatable bonds is 5. The summed E-state index contributed by atoms with van der Waals surface area (Å²) in [6, 6.07) is 13.7. The van der Waals surface area contributed by atoms with Crippen LogP contribution in [0, 0.1) is 0 Å². The normalized spacial score (nSPS) is 16.2. The van der Waals surface area contributed by atoms with Crippen molar-refractivity contribution in [1.29, 1.82) is 0 Å². The predicted molar refractivity (Wildman–Crippen MR) is 104 cm³/mol. The molecule has 1 saturated heterocycles. The maximum absolute atomic E-state index is 12.8. The Morgan fingerprint density at radius 1 is 1.11 bits per heavy atom. The van der Waals surface area contributed by atoms with E-state index in [4.69, 9.17) is 9.47 Å². The topological polar surface area (TPSA) is 71.1 Å². The molecule has 1 aliphatic rings. The summed E-state index contributed by atoms with van der Waals surface area (Å²) in [6.45, 7) is 0.585. The number of urea groups is 1. The molecule has 2 aromatic carbocycles. The maximum atomic E-state index is 12.8. The summed E-state index contributed by atoms with van der Waals surface area (Å²) in [5.74, 6) is 1.02. The van der Waals surface area contributed by atoms with Crippen LogP contribution in [0.5, 0.6) is 11.5 Å². The minimum atomic E-state index is -0.495. The molecule has 7 nitrogen and oxygen atoms in total. The van der Waals surface area contributed by atoms with Crippen LogP contribution in [0.3, 0.4) is 0 Å². The fourth-order valence-electron chi connectivity index (χ4n) is 3.16. The van der Waals surface area contributed by atoms with Crippen LogP contribution in [0.25, 0.3) is 0 Å². The minimum Gasteiger partial charge on any atom is -0.493 e. The van der Waals surface area contributed by atoms with Crippen LogP contribution in [-0.4, -0.2) is 50.7 Å². The molecule has 1 atom stereocenters. The molecule has 0 saturated carbocycles. The van der Waals surface area contributed by atoms with Crippen LogP contribution in [0.1, 0.15) is 6.42 Å². The first-order valence-corrected chi connectivity index (χ1v) is 8.67. The van der Waals surface area contributed by atoms with E-state index in [9.17, 15) is 9.59 Å². The number of benzene rings is 2. The molecule has 1 N–H and O–H groups in total. The van der Waals surface area contributed by atoms with Crippen LogP contribution in [0.15, 0.2) is 48.5 Å². The number of hydrogen-bond acceptors (Lipinski definition) is 4. The number of carbonyl (C=O) groups excluding carboxylic acids is 2. The lowest BCUT2D eigenvalue weighted by atomic mass is 10.2. The van der Waals surface area contributed by atoms with Gasteiger partial charge in [0, 0.05) is 31.0 Å². The highest BCUT2D eigenvalue weighted by molar-refractivity contribution is 6.02. The van der Waals surface area contributed by atoms with Gasteiger partial charge in [0.15, 0.2) is 11.5 Å². The molecule has 7 heteroatoms. The lowest BCUT2D eigenvalue weighted by Crippen LogP contribution is -2.44. The Kier molecular flexibility index (Phi) is 5.49. The second-order valence-electron chi connectivity index (χ2n) is 6.24. The first-order valence-electron chi connectivity index (χ1n) is 8.67. The van der Waals surface area contributed by atoms with Crippen molar-refractivity contribution in [2.45, 2.75) is 12.5 Å². The van der Waals surface area contributed by atoms with Crippen molar-refractivity contribution in [2.24, 2.45) is 0 Å². The Morgan fingerprint density at radius 3 is 2.48 bits per heavy atom. The van der Waals surface area contributed by atoms with E-state index in [1.165, 1.54) is 12.0 Å². The van der Waals surface area contributed by atoms with Crippen molar-refractivity contribution in [3.63, 3.8) is 0 Å². The highest BCUT2D eigenvalue weighted by atomic mass is 16.5. The van der Waals surface area contributed by atoms with Crippen LogP contribution in [0.2, 0.25) is 0 Å². The number of nitrogens with one attached hydrogen (secondary N) is 1. The van der Waals surface area contributed by atoms with Crippen LogP contribution in [0.4, 0.5) is 16.2 Å². The van der Waals surface area contributed by atoms with E-state index < -0.39 is 6.04 Å². The molecule has 0 aliphatic carbocycles. The largest absolute Gasteiger partial charge is 0.493 e. The highest BCUT2D eigenvalue weighted by Crippen LogP contribution is 2.30. The number of likely N-dealkylation sites (N-methyl/N-ethyl adjacent to an activating group) is 1. The molecule has 0 spiro atoms. The van der Waals surface area contributed by atoms with Crippen LogP contribution < -0.4 is 19.7 Å². The van der Waals surface area contributed by atoms with Gasteiger partial charge in [0.2, 0.25) is 5.91 Å². The van der Waals surface area contributed by atoms with Gasteiger partial charge < -0.3 is 24.6 Å². The third kappa shape index (κ3) is 3.81. The van der Waals surface area contributed by atoms with E-state index in [2.05, 4.69) is 5.32 Å². The first kappa shape index (κ1) is 18.6. The number of anilines is 2. The van der Waals surface area contributed by atoms with E-state index in [-0.39, 0.29) is 11.9 Å². The minimum absolute atomic E-state index is 0.0776. The summed E-state index contributed by atoms with van der Waals surface area (Å²) < 4.78 is 10.4. The maximum Gasteiger partial charge on any atom is 0.322 e. The van der Waals surface area contributed by atoms with Gasteiger partial charge in [-0.2, -0.15) is 0 Å². The second kappa shape index (κ2) is 7.99. The first-order chi connectivity index (χ1) is 13.0. The van der Waals surface area contributed by atoms with Gasteiger partial charge in [0.1, 0.15) is 6.04 Å². The summed E-state index contributed by atoms with van der Waals surface area (Å²) >= 11 is 0. The monoisotopic (exact) mass is 369 g/mol. The molecule has 1 aliphatic heterocycles. The van der Waals surface area contributed by atoms with Crippen LogP contribution >= 0.6 is 0 Å². The van der Waals surface area contributed by atoms with E-state index in [1.807, 2.05) is 30.3 Å². The number of nitrogens with zero attached hydrogens (tertiary/aromatic N) is 2. The summed E-state index contributed by atoms with van der Waals surface area (Å²) in [4.78, 5) is 28.5. The number of carbonyl (C=O) groups is 2. The molecular weight excluding hydrogens is 346 g/mol. The zero-order valence-electron chi connectivity index (χ0n) is 15.6. The molecule has 0 radical (unpaired) electrons. The van der Waals surface area contributed by atoms with Crippen molar-refractivity contribution in [3.8, 4) is 11.5 Å². The van der Waals surface area contributed by atoms with E-state index in [0.717, 1.165) is 5.69 Å². The second-order valence-corrected chi connectivity index (χ2v) is 6.24. The third-order valence-corrected chi connectivity index (χ3v) is 4.67. The molecule has 0 bridgehead atoms. The number of hydrogen-bond donors (Lipinski definition) is 1. The molecule has 2 aromatic rings. The quantitative estimate of drug-likeness (QED) is 0.880. The fraction of sp³-hybridized carbons (Fsp3) is 0.300. The Bertz CT molecular complexity index is 825. The van der Waals surface area contributed by atoms with Crippen molar-refractivity contribution < 1.29 is 19.1 Å². The summed E-state index contributed by atoms with van der Waals surface area (Å²) in [5, 5.41) is 2.80. The number of amides is 3. The Labute approximate surface area is 158 Å². The number of methoxy groups -OCH3 is 2. The zero-order chi connectivity index (χ0) is 19.4. The van der Waals surface area contributed by atoms with Gasteiger partial charge in [-0.3, -0.25) is 4.79 Å². The summed E-state index contributed by atoms with van der Waals surface area (Å²) in [6.07, 6.45) is 0.587. The molecule has 3 rings (SSSR count).